The average molecular weight is 413 g/mol. The lowest BCUT2D eigenvalue weighted by atomic mass is 10.2. The number of amides is 1. The van der Waals surface area contributed by atoms with E-state index in [1.165, 1.54) is 0 Å². The minimum Gasteiger partial charge on any atom is -0.444 e. The first-order valence-corrected chi connectivity index (χ1v) is 8.78. The standard InChI is InChI=1S/C20H17BrN2O3/c1-14-9-10-16(12-18(14)26-19-17(21)8-5-11-22-19)23-20(24)25-13-15-6-3-2-4-7-15/h2-12H,13H2,1H3,(H,23,24). The Hall–Kier alpha value is -2.86. The van der Waals surface area contributed by atoms with Gasteiger partial charge < -0.3 is 9.47 Å². The van der Waals surface area contributed by atoms with E-state index in [4.69, 9.17) is 9.47 Å². The Morgan fingerprint density at radius 2 is 1.92 bits per heavy atom. The van der Waals surface area contributed by atoms with Gasteiger partial charge in [0.05, 0.1) is 4.47 Å². The fraction of sp³-hybridized carbons (Fsp3) is 0.100. The van der Waals surface area contributed by atoms with Gasteiger partial charge in [0.2, 0.25) is 5.88 Å². The number of nitrogens with zero attached hydrogens (tertiary/aromatic N) is 1. The van der Waals surface area contributed by atoms with Crippen molar-refractivity contribution in [3.8, 4) is 11.6 Å². The van der Waals surface area contributed by atoms with E-state index in [9.17, 15) is 4.79 Å². The topological polar surface area (TPSA) is 60.5 Å². The molecule has 0 atom stereocenters. The van der Waals surface area contributed by atoms with Crippen molar-refractivity contribution in [1.29, 1.82) is 0 Å². The molecule has 6 heteroatoms. The molecule has 5 nitrogen and oxygen atoms in total. The number of pyridine rings is 1. The zero-order valence-electron chi connectivity index (χ0n) is 14.1. The molecule has 2 aromatic carbocycles. The molecular formula is C20H17BrN2O3. The molecule has 0 spiro atoms. The van der Waals surface area contributed by atoms with E-state index in [-0.39, 0.29) is 6.61 Å². The Labute approximate surface area is 160 Å². The van der Waals surface area contributed by atoms with E-state index < -0.39 is 6.09 Å². The van der Waals surface area contributed by atoms with Gasteiger partial charge in [0, 0.05) is 18.0 Å². The van der Waals surface area contributed by atoms with Crippen LogP contribution >= 0.6 is 15.9 Å². The molecule has 1 aromatic heterocycles. The molecule has 132 valence electrons. The lowest BCUT2D eigenvalue weighted by molar-refractivity contribution is 0.155. The summed E-state index contributed by atoms with van der Waals surface area (Å²) in [5.41, 5.74) is 2.43. The van der Waals surface area contributed by atoms with Crippen molar-refractivity contribution in [1.82, 2.24) is 4.98 Å². The zero-order valence-corrected chi connectivity index (χ0v) is 15.7. The number of hydrogen-bond acceptors (Lipinski definition) is 4. The van der Waals surface area contributed by atoms with Crippen LogP contribution in [-0.2, 0) is 11.3 Å². The highest BCUT2D eigenvalue weighted by Crippen LogP contribution is 2.31. The van der Waals surface area contributed by atoms with Crippen LogP contribution in [0.2, 0.25) is 0 Å². The predicted molar refractivity (Wildman–Crippen MR) is 103 cm³/mol. The third-order valence-corrected chi connectivity index (χ3v) is 4.18. The maximum atomic E-state index is 12.0. The monoisotopic (exact) mass is 412 g/mol. The number of aromatic nitrogens is 1. The summed E-state index contributed by atoms with van der Waals surface area (Å²) in [5.74, 6) is 1.06. The second-order valence-electron chi connectivity index (χ2n) is 5.56. The summed E-state index contributed by atoms with van der Waals surface area (Å²) >= 11 is 3.40. The minimum atomic E-state index is -0.525. The third kappa shape index (κ3) is 4.83. The van der Waals surface area contributed by atoms with Crippen molar-refractivity contribution >= 4 is 27.7 Å². The number of carbonyl (C=O) groups is 1. The number of nitrogens with one attached hydrogen (secondary N) is 1. The Balaban J connectivity index is 1.65. The number of hydrogen-bond donors (Lipinski definition) is 1. The van der Waals surface area contributed by atoms with Gasteiger partial charge in [0.15, 0.2) is 0 Å². The van der Waals surface area contributed by atoms with E-state index in [2.05, 4.69) is 26.2 Å². The van der Waals surface area contributed by atoms with Crippen molar-refractivity contribution in [2.45, 2.75) is 13.5 Å². The number of halogens is 1. The van der Waals surface area contributed by atoms with Gasteiger partial charge in [-0.05, 0) is 52.2 Å². The highest BCUT2D eigenvalue weighted by atomic mass is 79.9. The molecule has 1 N–H and O–H groups in total. The maximum absolute atomic E-state index is 12.0. The van der Waals surface area contributed by atoms with E-state index in [0.29, 0.717) is 17.3 Å². The van der Waals surface area contributed by atoms with Crippen LogP contribution in [-0.4, -0.2) is 11.1 Å². The van der Waals surface area contributed by atoms with Gasteiger partial charge in [-0.2, -0.15) is 0 Å². The van der Waals surface area contributed by atoms with E-state index in [0.717, 1.165) is 15.6 Å². The summed E-state index contributed by atoms with van der Waals surface area (Å²) < 4.78 is 11.8. The largest absolute Gasteiger partial charge is 0.444 e. The summed E-state index contributed by atoms with van der Waals surface area (Å²) in [4.78, 5) is 16.2. The Morgan fingerprint density at radius 3 is 2.69 bits per heavy atom. The van der Waals surface area contributed by atoms with Crippen LogP contribution in [0.15, 0.2) is 71.3 Å². The molecule has 26 heavy (non-hydrogen) atoms. The molecule has 0 aliphatic carbocycles. The fourth-order valence-electron chi connectivity index (χ4n) is 2.22. The van der Waals surface area contributed by atoms with Gasteiger partial charge in [0.1, 0.15) is 12.4 Å². The number of rotatable bonds is 5. The summed E-state index contributed by atoms with van der Waals surface area (Å²) in [6.07, 6.45) is 1.13. The Morgan fingerprint density at radius 1 is 1.12 bits per heavy atom. The van der Waals surface area contributed by atoms with Gasteiger partial charge >= 0.3 is 6.09 Å². The van der Waals surface area contributed by atoms with Gasteiger partial charge in [-0.1, -0.05) is 36.4 Å². The molecule has 0 saturated carbocycles. The predicted octanol–water partition coefficient (Wildman–Crippen LogP) is 5.69. The van der Waals surface area contributed by atoms with Crippen LogP contribution in [0.3, 0.4) is 0 Å². The van der Waals surface area contributed by atoms with Crippen LogP contribution < -0.4 is 10.1 Å². The third-order valence-electron chi connectivity index (χ3n) is 3.58. The van der Waals surface area contributed by atoms with Crippen molar-refractivity contribution in [2.75, 3.05) is 5.32 Å². The molecule has 1 amide bonds. The van der Waals surface area contributed by atoms with Crippen LogP contribution in [0.25, 0.3) is 0 Å². The van der Waals surface area contributed by atoms with Crippen LogP contribution in [0, 0.1) is 6.92 Å². The van der Waals surface area contributed by atoms with E-state index in [1.54, 1.807) is 18.3 Å². The fourth-order valence-corrected chi connectivity index (χ4v) is 2.55. The average Bonchev–Trinajstić information content (AvgIpc) is 2.65. The van der Waals surface area contributed by atoms with Crippen LogP contribution in [0.4, 0.5) is 10.5 Å². The first-order valence-electron chi connectivity index (χ1n) is 7.98. The summed E-state index contributed by atoms with van der Waals surface area (Å²) in [6, 6.07) is 18.6. The van der Waals surface area contributed by atoms with Gasteiger partial charge in [-0.25, -0.2) is 9.78 Å². The van der Waals surface area contributed by atoms with Crippen LogP contribution in [0.1, 0.15) is 11.1 Å². The quantitative estimate of drug-likeness (QED) is 0.584. The summed E-state index contributed by atoms with van der Waals surface area (Å²) in [5, 5.41) is 2.71. The number of anilines is 1. The molecule has 0 saturated heterocycles. The highest BCUT2D eigenvalue weighted by Gasteiger charge is 2.09. The van der Waals surface area contributed by atoms with Gasteiger partial charge in [-0.15, -0.1) is 0 Å². The lowest BCUT2D eigenvalue weighted by Gasteiger charge is -2.12. The van der Waals surface area contributed by atoms with Crippen molar-refractivity contribution < 1.29 is 14.3 Å². The summed E-state index contributed by atoms with van der Waals surface area (Å²) in [6.45, 7) is 2.13. The molecule has 0 fully saturated rings. The van der Waals surface area contributed by atoms with E-state index in [1.807, 2.05) is 55.5 Å². The van der Waals surface area contributed by atoms with Gasteiger partial charge in [0.25, 0.3) is 0 Å². The van der Waals surface area contributed by atoms with Crippen molar-refractivity contribution in [3.05, 3.63) is 82.5 Å². The second kappa shape index (κ2) is 8.49. The molecule has 0 aliphatic rings. The minimum absolute atomic E-state index is 0.211. The van der Waals surface area contributed by atoms with Crippen molar-refractivity contribution in [3.63, 3.8) is 0 Å². The number of ether oxygens (including phenoxy) is 2. The SMILES string of the molecule is Cc1ccc(NC(=O)OCc2ccccc2)cc1Oc1ncccc1Br. The number of benzene rings is 2. The molecule has 0 bridgehead atoms. The van der Waals surface area contributed by atoms with Crippen molar-refractivity contribution in [2.24, 2.45) is 0 Å². The normalized spacial score (nSPS) is 10.2. The first kappa shape index (κ1) is 17.9. The molecular weight excluding hydrogens is 396 g/mol. The molecule has 3 rings (SSSR count). The van der Waals surface area contributed by atoms with Gasteiger partial charge in [-0.3, -0.25) is 5.32 Å². The Bertz CT molecular complexity index is 901. The number of aryl methyl sites for hydroxylation is 1. The molecule has 1 heterocycles. The molecule has 0 aliphatic heterocycles. The molecule has 0 unspecified atom stereocenters. The highest BCUT2D eigenvalue weighted by molar-refractivity contribution is 9.10. The molecule has 3 aromatic rings. The Kier molecular flexibility index (Phi) is 5.86. The first-order chi connectivity index (χ1) is 12.6. The molecule has 0 radical (unpaired) electrons. The van der Waals surface area contributed by atoms with E-state index >= 15 is 0 Å². The van der Waals surface area contributed by atoms with Crippen LogP contribution in [0.5, 0.6) is 11.6 Å². The second-order valence-corrected chi connectivity index (χ2v) is 6.41. The lowest BCUT2D eigenvalue weighted by Crippen LogP contribution is -2.13. The maximum Gasteiger partial charge on any atom is 0.411 e. The number of carbonyl (C=O) groups excluding carboxylic acids is 1. The smallest absolute Gasteiger partial charge is 0.411 e. The zero-order chi connectivity index (χ0) is 18.4. The summed E-state index contributed by atoms with van der Waals surface area (Å²) in [7, 11) is 0.